The molecule has 4 nitrogen and oxygen atoms in total. The van der Waals surface area contributed by atoms with Crippen LogP contribution in [0.15, 0.2) is 77.5 Å². The van der Waals surface area contributed by atoms with Gasteiger partial charge in [0.2, 0.25) is 0 Å². The molecule has 0 bridgehead atoms. The van der Waals surface area contributed by atoms with Gasteiger partial charge in [0.05, 0.1) is 5.57 Å². The first-order valence-electron chi connectivity index (χ1n) is 10.0. The quantitative estimate of drug-likeness (QED) is 0.422. The first-order valence-corrected chi connectivity index (χ1v) is 10.0. The van der Waals surface area contributed by atoms with Gasteiger partial charge in [-0.1, -0.05) is 36.8 Å². The molecule has 1 amide bonds. The van der Waals surface area contributed by atoms with E-state index in [9.17, 15) is 13.6 Å². The molecule has 0 unspecified atom stereocenters. The third-order valence-corrected chi connectivity index (χ3v) is 4.58. The first kappa shape index (κ1) is 23.9. The number of carbonyl (C=O) groups excluding carboxylic acids is 1. The molecule has 3 N–H and O–H groups in total. The van der Waals surface area contributed by atoms with Crippen LogP contribution in [0, 0.1) is 11.6 Å². The van der Waals surface area contributed by atoms with Crippen molar-refractivity contribution in [2.24, 2.45) is 5.73 Å². The number of allylic oxidation sites excluding steroid dienone is 4. The van der Waals surface area contributed by atoms with E-state index in [0.717, 1.165) is 18.1 Å². The molecule has 0 aliphatic heterocycles. The standard InChI is InChI=1S/C25H28F2N2O2/c1-4-17(2)6-5-7-24(18(3)28)25(30)29-15-19-8-10-23(11-9-19)31-16-20-12-21(26)14-22(27)13-20/h5-14H,4,15-16,28H2,1-3H3,(H,29,30)/b7-5-,17-6?,24-18-. The van der Waals surface area contributed by atoms with Crippen LogP contribution in [-0.2, 0) is 17.9 Å². The fraction of sp³-hybridized carbons (Fsp3) is 0.240. The number of ether oxygens (including phenoxy) is 1. The minimum atomic E-state index is -0.641. The van der Waals surface area contributed by atoms with E-state index < -0.39 is 11.6 Å². The van der Waals surface area contributed by atoms with Gasteiger partial charge >= 0.3 is 0 Å². The summed E-state index contributed by atoms with van der Waals surface area (Å²) in [7, 11) is 0. The van der Waals surface area contributed by atoms with Crippen molar-refractivity contribution >= 4 is 5.91 Å². The lowest BCUT2D eigenvalue weighted by atomic mass is 10.1. The minimum Gasteiger partial charge on any atom is -0.489 e. The molecule has 2 rings (SSSR count). The Hall–Kier alpha value is -3.41. The average Bonchev–Trinajstić information content (AvgIpc) is 2.73. The van der Waals surface area contributed by atoms with Crippen LogP contribution in [0.1, 0.15) is 38.3 Å². The Bertz CT molecular complexity index is 969. The van der Waals surface area contributed by atoms with Crippen molar-refractivity contribution in [3.8, 4) is 5.75 Å². The van der Waals surface area contributed by atoms with Crippen LogP contribution in [0.4, 0.5) is 8.78 Å². The number of nitrogens with two attached hydrogens (primary N) is 1. The Labute approximate surface area is 182 Å². The number of carbonyl (C=O) groups is 1. The highest BCUT2D eigenvalue weighted by Gasteiger charge is 2.08. The van der Waals surface area contributed by atoms with Crippen LogP contribution in [0.2, 0.25) is 0 Å². The lowest BCUT2D eigenvalue weighted by molar-refractivity contribution is -0.117. The van der Waals surface area contributed by atoms with E-state index in [2.05, 4.69) is 12.2 Å². The van der Waals surface area contributed by atoms with Crippen LogP contribution in [0.3, 0.4) is 0 Å². The molecule has 0 heterocycles. The van der Waals surface area contributed by atoms with E-state index in [0.29, 0.717) is 29.1 Å². The average molecular weight is 427 g/mol. The summed E-state index contributed by atoms with van der Waals surface area (Å²) in [6.07, 6.45) is 6.42. The number of nitrogens with one attached hydrogen (secondary N) is 1. The number of hydrogen-bond donors (Lipinski definition) is 2. The van der Waals surface area contributed by atoms with E-state index in [-0.39, 0.29) is 12.5 Å². The summed E-state index contributed by atoms with van der Waals surface area (Å²) in [6, 6.07) is 10.4. The maximum absolute atomic E-state index is 13.2. The molecule has 0 radical (unpaired) electrons. The summed E-state index contributed by atoms with van der Waals surface area (Å²) >= 11 is 0. The van der Waals surface area contributed by atoms with Crippen LogP contribution in [0.25, 0.3) is 0 Å². The Morgan fingerprint density at radius 2 is 1.71 bits per heavy atom. The molecule has 0 saturated carbocycles. The SMILES string of the molecule is CCC(C)=C/C=C\C(C(=O)NCc1ccc(OCc2cc(F)cc(F)c2)cc1)=C(/C)N. The highest BCUT2D eigenvalue weighted by atomic mass is 19.1. The smallest absolute Gasteiger partial charge is 0.253 e. The summed E-state index contributed by atoms with van der Waals surface area (Å²) in [5.74, 6) is -0.985. The van der Waals surface area contributed by atoms with Crippen LogP contribution in [-0.4, -0.2) is 5.91 Å². The van der Waals surface area contributed by atoms with E-state index in [1.54, 1.807) is 25.1 Å². The largest absolute Gasteiger partial charge is 0.489 e. The Balaban J connectivity index is 1.91. The lowest BCUT2D eigenvalue weighted by Gasteiger charge is -2.10. The summed E-state index contributed by atoms with van der Waals surface area (Å²) in [5.41, 5.74) is 9.20. The molecular formula is C25H28F2N2O2. The van der Waals surface area contributed by atoms with Crippen molar-refractivity contribution in [2.75, 3.05) is 0 Å². The van der Waals surface area contributed by atoms with Crippen molar-refractivity contribution in [2.45, 2.75) is 40.3 Å². The molecule has 31 heavy (non-hydrogen) atoms. The number of hydrogen-bond acceptors (Lipinski definition) is 3. The van der Waals surface area contributed by atoms with E-state index in [1.165, 1.54) is 17.7 Å². The fourth-order valence-electron chi connectivity index (χ4n) is 2.65. The van der Waals surface area contributed by atoms with Crippen LogP contribution in [0.5, 0.6) is 5.75 Å². The molecule has 0 aliphatic rings. The number of halogens is 2. The van der Waals surface area contributed by atoms with Gasteiger partial charge in [0, 0.05) is 18.3 Å². The van der Waals surface area contributed by atoms with Crippen molar-refractivity contribution < 1.29 is 18.3 Å². The van der Waals surface area contributed by atoms with Crippen molar-refractivity contribution in [1.29, 1.82) is 0 Å². The normalized spacial score (nSPS) is 12.6. The third kappa shape index (κ3) is 8.09. The van der Waals surface area contributed by atoms with Gasteiger partial charge in [-0.25, -0.2) is 8.78 Å². The fourth-order valence-corrected chi connectivity index (χ4v) is 2.65. The van der Waals surface area contributed by atoms with Crippen molar-refractivity contribution in [3.63, 3.8) is 0 Å². The van der Waals surface area contributed by atoms with E-state index >= 15 is 0 Å². The molecule has 0 aromatic heterocycles. The minimum absolute atomic E-state index is 0.0486. The molecule has 6 heteroatoms. The number of benzene rings is 2. The van der Waals surface area contributed by atoms with Crippen molar-refractivity contribution in [1.82, 2.24) is 5.32 Å². The molecule has 0 aliphatic carbocycles. The number of rotatable bonds is 9. The second-order valence-corrected chi connectivity index (χ2v) is 7.22. The molecule has 0 atom stereocenters. The maximum Gasteiger partial charge on any atom is 0.253 e. The molecule has 2 aromatic carbocycles. The summed E-state index contributed by atoms with van der Waals surface area (Å²) < 4.78 is 32.0. The second-order valence-electron chi connectivity index (χ2n) is 7.22. The van der Waals surface area contributed by atoms with Gasteiger partial charge in [0.1, 0.15) is 24.0 Å². The number of amides is 1. The molecule has 2 aromatic rings. The zero-order valence-electron chi connectivity index (χ0n) is 18.0. The van der Waals surface area contributed by atoms with Crippen LogP contribution >= 0.6 is 0 Å². The maximum atomic E-state index is 13.2. The van der Waals surface area contributed by atoms with Gasteiger partial charge < -0.3 is 15.8 Å². The van der Waals surface area contributed by atoms with Crippen molar-refractivity contribution in [3.05, 3.63) is 100 Å². The monoisotopic (exact) mass is 426 g/mol. The van der Waals surface area contributed by atoms with Crippen LogP contribution < -0.4 is 15.8 Å². The van der Waals surface area contributed by atoms with Gasteiger partial charge in [-0.05, 0) is 61.7 Å². The Morgan fingerprint density at radius 1 is 1.06 bits per heavy atom. The third-order valence-electron chi connectivity index (χ3n) is 4.58. The van der Waals surface area contributed by atoms with Gasteiger partial charge in [0.25, 0.3) is 5.91 Å². The highest BCUT2D eigenvalue weighted by Crippen LogP contribution is 2.16. The molecule has 0 spiro atoms. The van der Waals surface area contributed by atoms with Gasteiger partial charge in [-0.15, -0.1) is 0 Å². The molecule has 0 saturated heterocycles. The summed E-state index contributed by atoms with van der Waals surface area (Å²) in [4.78, 5) is 12.5. The molecule has 0 fully saturated rings. The van der Waals surface area contributed by atoms with E-state index in [1.807, 2.05) is 31.2 Å². The first-order chi connectivity index (χ1) is 14.8. The second kappa shape index (κ2) is 11.7. The summed E-state index contributed by atoms with van der Waals surface area (Å²) in [6.45, 7) is 6.14. The summed E-state index contributed by atoms with van der Waals surface area (Å²) in [5, 5.41) is 2.85. The predicted molar refractivity (Wildman–Crippen MR) is 119 cm³/mol. The zero-order chi connectivity index (χ0) is 22.8. The van der Waals surface area contributed by atoms with E-state index in [4.69, 9.17) is 10.5 Å². The Kier molecular flexibility index (Phi) is 9.00. The molecule has 164 valence electrons. The van der Waals surface area contributed by atoms with Gasteiger partial charge in [0.15, 0.2) is 0 Å². The Morgan fingerprint density at radius 3 is 2.29 bits per heavy atom. The molecular weight excluding hydrogens is 398 g/mol. The predicted octanol–water partition coefficient (Wildman–Crippen LogP) is 5.31. The topological polar surface area (TPSA) is 64.3 Å². The zero-order valence-corrected chi connectivity index (χ0v) is 18.0. The van der Waals surface area contributed by atoms with Gasteiger partial charge in [-0.2, -0.15) is 0 Å². The highest BCUT2D eigenvalue weighted by molar-refractivity contribution is 5.96. The lowest BCUT2D eigenvalue weighted by Crippen LogP contribution is -2.25. The van der Waals surface area contributed by atoms with Gasteiger partial charge in [-0.3, -0.25) is 4.79 Å².